The fourth-order valence-corrected chi connectivity index (χ4v) is 2.45. The molecule has 0 aliphatic heterocycles. The van der Waals surface area contributed by atoms with Gasteiger partial charge in [0.05, 0.1) is 0 Å². The van der Waals surface area contributed by atoms with E-state index in [4.69, 9.17) is 4.74 Å². The number of aromatic nitrogens is 4. The predicted octanol–water partition coefficient (Wildman–Crippen LogP) is 1.69. The Morgan fingerprint density at radius 2 is 1.69 bits per heavy atom. The SMILES string of the molecule is CC(C)c1ccc(OCC(=O)NNC(=O)Cn2nnc(-c3ccccc3)n2)cc1. The molecule has 3 aromatic rings. The van der Waals surface area contributed by atoms with E-state index >= 15 is 0 Å². The standard InChI is InChI=1S/C20H22N6O3/c1-14(2)15-8-10-17(11-9-15)29-13-19(28)22-21-18(27)12-26-24-20(23-25-26)16-6-4-3-5-7-16/h3-11,14H,12-13H2,1-2H3,(H,21,27)(H,22,28). The zero-order chi connectivity index (χ0) is 20.6. The van der Waals surface area contributed by atoms with Crippen molar-refractivity contribution in [1.82, 2.24) is 31.1 Å². The Labute approximate surface area is 168 Å². The summed E-state index contributed by atoms with van der Waals surface area (Å²) in [6.45, 7) is 3.80. The number of hydrogen-bond donors (Lipinski definition) is 2. The minimum atomic E-state index is -0.489. The van der Waals surface area contributed by atoms with Crippen LogP contribution in [0.15, 0.2) is 54.6 Å². The fourth-order valence-electron chi connectivity index (χ4n) is 2.45. The summed E-state index contributed by atoms with van der Waals surface area (Å²) in [6, 6.07) is 16.8. The Hall–Kier alpha value is -3.75. The zero-order valence-electron chi connectivity index (χ0n) is 16.2. The van der Waals surface area contributed by atoms with E-state index in [0.29, 0.717) is 17.5 Å². The number of tetrazole rings is 1. The second kappa shape index (κ2) is 9.45. The number of rotatable bonds is 7. The largest absolute Gasteiger partial charge is 0.484 e. The van der Waals surface area contributed by atoms with E-state index < -0.39 is 11.8 Å². The highest BCUT2D eigenvalue weighted by Gasteiger charge is 2.10. The predicted molar refractivity (Wildman–Crippen MR) is 106 cm³/mol. The first-order valence-electron chi connectivity index (χ1n) is 9.15. The molecule has 0 radical (unpaired) electrons. The van der Waals surface area contributed by atoms with Crippen molar-refractivity contribution < 1.29 is 14.3 Å². The highest BCUT2D eigenvalue weighted by molar-refractivity contribution is 5.82. The van der Waals surface area contributed by atoms with Crippen molar-refractivity contribution in [3.8, 4) is 17.1 Å². The Bertz CT molecular complexity index is 954. The van der Waals surface area contributed by atoms with E-state index in [0.717, 1.165) is 10.4 Å². The molecule has 0 unspecified atom stereocenters. The summed E-state index contributed by atoms with van der Waals surface area (Å²) >= 11 is 0. The van der Waals surface area contributed by atoms with Gasteiger partial charge in [-0.3, -0.25) is 20.4 Å². The Kier molecular flexibility index (Phi) is 6.51. The third-order valence-electron chi connectivity index (χ3n) is 4.03. The van der Waals surface area contributed by atoms with Crippen molar-refractivity contribution in [2.45, 2.75) is 26.3 Å². The second-order valence-electron chi connectivity index (χ2n) is 6.62. The second-order valence-corrected chi connectivity index (χ2v) is 6.62. The van der Waals surface area contributed by atoms with Gasteiger partial charge >= 0.3 is 0 Å². The average molecular weight is 394 g/mol. The van der Waals surface area contributed by atoms with Gasteiger partial charge in [-0.15, -0.1) is 10.2 Å². The van der Waals surface area contributed by atoms with Crippen molar-refractivity contribution in [1.29, 1.82) is 0 Å². The van der Waals surface area contributed by atoms with Crippen LogP contribution in [0.3, 0.4) is 0 Å². The van der Waals surface area contributed by atoms with Crippen LogP contribution < -0.4 is 15.6 Å². The molecule has 29 heavy (non-hydrogen) atoms. The Balaban J connectivity index is 1.41. The van der Waals surface area contributed by atoms with E-state index in [1.165, 1.54) is 5.56 Å². The topological polar surface area (TPSA) is 111 Å². The molecule has 0 spiro atoms. The molecule has 0 aliphatic carbocycles. The smallest absolute Gasteiger partial charge is 0.276 e. The van der Waals surface area contributed by atoms with Crippen molar-refractivity contribution >= 4 is 11.8 Å². The molecular weight excluding hydrogens is 372 g/mol. The Morgan fingerprint density at radius 1 is 1.00 bits per heavy atom. The molecule has 150 valence electrons. The van der Waals surface area contributed by atoms with Gasteiger partial charge in [0.1, 0.15) is 12.3 Å². The molecule has 9 heteroatoms. The minimum absolute atomic E-state index is 0.183. The van der Waals surface area contributed by atoms with Crippen LogP contribution in [0.4, 0.5) is 0 Å². The minimum Gasteiger partial charge on any atom is -0.484 e. The number of carbonyl (C=O) groups excluding carboxylic acids is 2. The van der Waals surface area contributed by atoms with E-state index in [2.05, 4.69) is 40.1 Å². The van der Waals surface area contributed by atoms with Crippen molar-refractivity contribution in [2.24, 2.45) is 0 Å². The molecule has 0 atom stereocenters. The van der Waals surface area contributed by atoms with Gasteiger partial charge in [0.25, 0.3) is 11.8 Å². The highest BCUT2D eigenvalue weighted by atomic mass is 16.5. The molecule has 2 N–H and O–H groups in total. The van der Waals surface area contributed by atoms with Crippen LogP contribution in [0.25, 0.3) is 11.4 Å². The normalized spacial score (nSPS) is 10.6. The molecule has 2 amide bonds. The van der Waals surface area contributed by atoms with Crippen LogP contribution >= 0.6 is 0 Å². The Morgan fingerprint density at radius 3 is 2.38 bits per heavy atom. The van der Waals surface area contributed by atoms with Crippen LogP contribution in [0.1, 0.15) is 25.3 Å². The molecule has 3 rings (SSSR count). The summed E-state index contributed by atoms with van der Waals surface area (Å²) in [4.78, 5) is 24.9. The van der Waals surface area contributed by atoms with Gasteiger partial charge < -0.3 is 4.74 Å². The molecule has 0 saturated carbocycles. The third-order valence-corrected chi connectivity index (χ3v) is 4.03. The zero-order valence-corrected chi connectivity index (χ0v) is 16.2. The molecule has 0 fully saturated rings. The summed E-state index contributed by atoms with van der Waals surface area (Å²) in [7, 11) is 0. The lowest BCUT2D eigenvalue weighted by Gasteiger charge is -2.10. The maximum Gasteiger partial charge on any atom is 0.276 e. The summed E-state index contributed by atoms with van der Waals surface area (Å²) in [6.07, 6.45) is 0. The maximum atomic E-state index is 11.9. The van der Waals surface area contributed by atoms with Gasteiger partial charge in [-0.1, -0.05) is 56.3 Å². The van der Waals surface area contributed by atoms with Crippen LogP contribution in [0.5, 0.6) is 5.75 Å². The quantitative estimate of drug-likeness (QED) is 0.590. The van der Waals surface area contributed by atoms with Gasteiger partial charge in [-0.2, -0.15) is 4.80 Å². The molecule has 1 heterocycles. The van der Waals surface area contributed by atoms with Gasteiger partial charge in [0.15, 0.2) is 6.61 Å². The molecule has 2 aromatic carbocycles. The molecule has 9 nitrogen and oxygen atoms in total. The average Bonchev–Trinajstić information content (AvgIpc) is 3.20. The van der Waals surface area contributed by atoms with Gasteiger partial charge in [-0.25, -0.2) is 0 Å². The molecule has 0 bridgehead atoms. The van der Waals surface area contributed by atoms with Gasteiger partial charge in [0.2, 0.25) is 5.82 Å². The highest BCUT2D eigenvalue weighted by Crippen LogP contribution is 2.18. The van der Waals surface area contributed by atoms with Crippen LogP contribution in [0.2, 0.25) is 0 Å². The number of ether oxygens (including phenoxy) is 1. The number of hydrazine groups is 1. The number of amides is 2. The van der Waals surface area contributed by atoms with Crippen molar-refractivity contribution in [3.63, 3.8) is 0 Å². The molecule has 0 saturated heterocycles. The molecular formula is C20H22N6O3. The first kappa shape index (κ1) is 20.0. The number of carbonyl (C=O) groups is 2. The number of nitrogens with one attached hydrogen (secondary N) is 2. The van der Waals surface area contributed by atoms with Crippen LogP contribution in [-0.2, 0) is 16.1 Å². The maximum absolute atomic E-state index is 11.9. The lowest BCUT2D eigenvalue weighted by molar-refractivity contribution is -0.130. The third kappa shape index (κ3) is 5.86. The summed E-state index contributed by atoms with van der Waals surface area (Å²) in [5.74, 6) is 0.445. The first-order valence-corrected chi connectivity index (χ1v) is 9.15. The summed E-state index contributed by atoms with van der Waals surface area (Å²) in [5, 5.41) is 11.9. The lowest BCUT2D eigenvalue weighted by atomic mass is 10.0. The summed E-state index contributed by atoms with van der Waals surface area (Å²) < 4.78 is 5.40. The van der Waals surface area contributed by atoms with Crippen LogP contribution in [-0.4, -0.2) is 38.6 Å². The fraction of sp³-hybridized carbons (Fsp3) is 0.250. The number of benzene rings is 2. The van der Waals surface area contributed by atoms with Gasteiger partial charge in [-0.05, 0) is 28.8 Å². The monoisotopic (exact) mass is 394 g/mol. The van der Waals surface area contributed by atoms with E-state index in [1.54, 1.807) is 0 Å². The summed E-state index contributed by atoms with van der Waals surface area (Å²) in [5.41, 5.74) is 6.56. The van der Waals surface area contributed by atoms with E-state index in [9.17, 15) is 9.59 Å². The lowest BCUT2D eigenvalue weighted by Crippen LogP contribution is -2.45. The number of hydrogen-bond acceptors (Lipinski definition) is 6. The number of nitrogens with zero attached hydrogens (tertiary/aromatic N) is 4. The van der Waals surface area contributed by atoms with E-state index in [1.807, 2.05) is 54.6 Å². The van der Waals surface area contributed by atoms with Crippen LogP contribution in [0, 0.1) is 0 Å². The van der Waals surface area contributed by atoms with Crippen molar-refractivity contribution in [3.05, 3.63) is 60.2 Å². The van der Waals surface area contributed by atoms with E-state index in [-0.39, 0.29) is 13.2 Å². The van der Waals surface area contributed by atoms with Gasteiger partial charge in [0, 0.05) is 5.56 Å². The first-order chi connectivity index (χ1) is 14.0. The molecule has 1 aromatic heterocycles. The van der Waals surface area contributed by atoms with Crippen molar-refractivity contribution in [2.75, 3.05) is 6.61 Å². The molecule has 0 aliphatic rings.